The number of sulfonamides is 1. The van der Waals surface area contributed by atoms with Gasteiger partial charge in [0.1, 0.15) is 0 Å². The smallest absolute Gasteiger partial charge is 0.248 e. The number of hydrogen-bond donors (Lipinski definition) is 1. The Hall–Kier alpha value is -2.22. The molecular formula is C20H24N2O4S. The molecule has 1 aliphatic heterocycles. The van der Waals surface area contributed by atoms with E-state index in [4.69, 9.17) is 10.5 Å². The summed E-state index contributed by atoms with van der Waals surface area (Å²) in [5.74, 6) is -0.494. The van der Waals surface area contributed by atoms with Crippen LogP contribution in [0.3, 0.4) is 0 Å². The van der Waals surface area contributed by atoms with Gasteiger partial charge in [0.05, 0.1) is 11.0 Å². The summed E-state index contributed by atoms with van der Waals surface area (Å²) in [6, 6.07) is 12.1. The Balaban J connectivity index is 1.89. The number of hydrogen-bond acceptors (Lipinski definition) is 4. The van der Waals surface area contributed by atoms with Crippen molar-refractivity contribution in [2.75, 3.05) is 19.7 Å². The predicted molar refractivity (Wildman–Crippen MR) is 104 cm³/mol. The van der Waals surface area contributed by atoms with Crippen LogP contribution in [0.1, 0.15) is 29.3 Å². The third kappa shape index (κ3) is 4.05. The lowest BCUT2D eigenvalue weighted by Gasteiger charge is -2.18. The Morgan fingerprint density at radius 2 is 2.04 bits per heavy atom. The van der Waals surface area contributed by atoms with Gasteiger partial charge in [0.2, 0.25) is 15.9 Å². The summed E-state index contributed by atoms with van der Waals surface area (Å²) < 4.78 is 32.9. The summed E-state index contributed by atoms with van der Waals surface area (Å²) in [5.41, 5.74) is 8.28. The molecule has 1 heterocycles. The van der Waals surface area contributed by atoms with Crippen molar-refractivity contribution < 1.29 is 17.9 Å². The zero-order valence-corrected chi connectivity index (χ0v) is 16.3. The number of carbonyl (C=O) groups is 1. The number of rotatable bonds is 6. The second kappa shape index (κ2) is 7.80. The van der Waals surface area contributed by atoms with E-state index < -0.39 is 15.9 Å². The van der Waals surface area contributed by atoms with Crippen molar-refractivity contribution in [1.29, 1.82) is 0 Å². The fourth-order valence-electron chi connectivity index (χ4n) is 3.40. The highest BCUT2D eigenvalue weighted by Crippen LogP contribution is 2.29. The fraction of sp³-hybridized carbons (Fsp3) is 0.350. The molecule has 1 fully saturated rings. The Morgan fingerprint density at radius 1 is 1.26 bits per heavy atom. The predicted octanol–water partition coefficient (Wildman–Crippen LogP) is 2.56. The third-order valence-corrected chi connectivity index (χ3v) is 6.66. The van der Waals surface area contributed by atoms with Crippen molar-refractivity contribution in [2.45, 2.75) is 31.3 Å². The van der Waals surface area contributed by atoms with Crippen LogP contribution in [-0.4, -0.2) is 44.4 Å². The summed E-state index contributed by atoms with van der Waals surface area (Å²) in [6.07, 6.45) is 0.672. The highest BCUT2D eigenvalue weighted by Gasteiger charge is 2.33. The van der Waals surface area contributed by atoms with Gasteiger partial charge >= 0.3 is 0 Å². The monoisotopic (exact) mass is 388 g/mol. The molecule has 0 bridgehead atoms. The van der Waals surface area contributed by atoms with Crippen LogP contribution in [0.4, 0.5) is 0 Å². The van der Waals surface area contributed by atoms with E-state index >= 15 is 0 Å². The molecule has 0 saturated carbocycles. The summed E-state index contributed by atoms with van der Waals surface area (Å²) in [4.78, 5) is 11.7. The summed E-state index contributed by atoms with van der Waals surface area (Å²) in [7, 11) is -3.55. The molecule has 1 amide bonds. The van der Waals surface area contributed by atoms with E-state index in [1.54, 1.807) is 36.4 Å². The van der Waals surface area contributed by atoms with Crippen LogP contribution in [0.25, 0.3) is 11.1 Å². The van der Waals surface area contributed by atoms with Crippen LogP contribution in [0, 0.1) is 6.92 Å². The molecule has 1 aliphatic rings. The Labute approximate surface area is 160 Å². The molecule has 1 atom stereocenters. The quantitative estimate of drug-likeness (QED) is 0.823. The number of primary amides is 1. The molecule has 3 rings (SSSR count). The molecular weight excluding hydrogens is 364 g/mol. The highest BCUT2D eigenvalue weighted by atomic mass is 32.2. The van der Waals surface area contributed by atoms with Crippen LogP contribution >= 0.6 is 0 Å². The molecule has 0 spiro atoms. The van der Waals surface area contributed by atoms with Crippen molar-refractivity contribution in [3.63, 3.8) is 0 Å². The Bertz CT molecular complexity index is 956. The van der Waals surface area contributed by atoms with Crippen molar-refractivity contribution in [3.05, 3.63) is 53.6 Å². The average Bonchev–Trinajstić information content (AvgIpc) is 3.11. The van der Waals surface area contributed by atoms with Gasteiger partial charge in [0.15, 0.2) is 0 Å². The van der Waals surface area contributed by atoms with Gasteiger partial charge < -0.3 is 10.5 Å². The average molecular weight is 388 g/mol. The van der Waals surface area contributed by atoms with E-state index in [9.17, 15) is 13.2 Å². The van der Waals surface area contributed by atoms with Gasteiger partial charge in [-0.1, -0.05) is 18.2 Å². The minimum absolute atomic E-state index is 0.0401. The zero-order valence-electron chi connectivity index (χ0n) is 15.5. The number of benzene rings is 2. The highest BCUT2D eigenvalue weighted by molar-refractivity contribution is 7.89. The van der Waals surface area contributed by atoms with Crippen LogP contribution < -0.4 is 5.73 Å². The van der Waals surface area contributed by atoms with E-state index in [-0.39, 0.29) is 11.0 Å². The first-order valence-electron chi connectivity index (χ1n) is 8.95. The standard InChI is InChI=1S/C20H24N2O4S/c1-3-26-17-9-10-22(13-17)27(24,25)18-7-8-19(14(2)11-18)15-5-4-6-16(12-15)20(21)23/h4-8,11-12,17H,3,9-10,13H2,1-2H3,(H2,21,23). The van der Waals surface area contributed by atoms with Crippen molar-refractivity contribution >= 4 is 15.9 Å². The summed E-state index contributed by atoms with van der Waals surface area (Å²) >= 11 is 0. The fourth-order valence-corrected chi connectivity index (χ4v) is 4.97. The lowest BCUT2D eigenvalue weighted by molar-refractivity contribution is 0.0738. The minimum atomic E-state index is -3.55. The first kappa shape index (κ1) is 19.5. The van der Waals surface area contributed by atoms with Crippen LogP contribution in [-0.2, 0) is 14.8 Å². The Morgan fingerprint density at radius 3 is 2.70 bits per heavy atom. The van der Waals surface area contributed by atoms with E-state index in [2.05, 4.69) is 0 Å². The number of amides is 1. The van der Waals surface area contributed by atoms with Gasteiger partial charge in [0, 0.05) is 25.3 Å². The topological polar surface area (TPSA) is 89.7 Å². The van der Waals surface area contributed by atoms with Crippen LogP contribution in [0.2, 0.25) is 0 Å². The molecule has 2 aromatic rings. The van der Waals surface area contributed by atoms with Crippen LogP contribution in [0.5, 0.6) is 0 Å². The van der Waals surface area contributed by atoms with E-state index in [0.29, 0.717) is 31.7 Å². The normalized spacial score (nSPS) is 17.9. The van der Waals surface area contributed by atoms with E-state index in [1.807, 2.05) is 19.9 Å². The molecule has 1 saturated heterocycles. The summed E-state index contributed by atoms with van der Waals surface area (Å²) in [5, 5.41) is 0. The van der Waals surface area contributed by atoms with Crippen molar-refractivity contribution in [1.82, 2.24) is 4.31 Å². The maximum Gasteiger partial charge on any atom is 0.248 e. The van der Waals surface area contributed by atoms with Gasteiger partial charge in [-0.3, -0.25) is 4.79 Å². The zero-order chi connectivity index (χ0) is 19.6. The minimum Gasteiger partial charge on any atom is -0.377 e. The first-order valence-corrected chi connectivity index (χ1v) is 10.4. The van der Waals surface area contributed by atoms with Gasteiger partial charge in [-0.25, -0.2) is 8.42 Å². The lowest BCUT2D eigenvalue weighted by atomic mass is 9.99. The SMILES string of the molecule is CCOC1CCN(S(=O)(=O)c2ccc(-c3cccc(C(N)=O)c3)c(C)c2)C1. The van der Waals surface area contributed by atoms with Crippen LogP contribution in [0.15, 0.2) is 47.4 Å². The molecule has 2 aromatic carbocycles. The van der Waals surface area contributed by atoms with Crippen molar-refractivity contribution in [2.24, 2.45) is 5.73 Å². The van der Waals surface area contributed by atoms with Crippen molar-refractivity contribution in [3.8, 4) is 11.1 Å². The van der Waals surface area contributed by atoms with Gasteiger partial charge in [-0.05, 0) is 61.2 Å². The molecule has 144 valence electrons. The lowest BCUT2D eigenvalue weighted by Crippen LogP contribution is -2.30. The second-order valence-electron chi connectivity index (χ2n) is 6.65. The number of carbonyl (C=O) groups excluding carboxylic acids is 1. The third-order valence-electron chi connectivity index (χ3n) is 4.80. The van der Waals surface area contributed by atoms with E-state index in [0.717, 1.165) is 16.7 Å². The summed E-state index contributed by atoms with van der Waals surface area (Å²) in [6.45, 7) is 5.20. The maximum atomic E-state index is 12.9. The number of nitrogens with zero attached hydrogens (tertiary/aromatic N) is 1. The Kier molecular flexibility index (Phi) is 5.64. The van der Waals surface area contributed by atoms with Gasteiger partial charge in [-0.15, -0.1) is 0 Å². The second-order valence-corrected chi connectivity index (χ2v) is 8.59. The number of nitrogens with two attached hydrogens (primary N) is 1. The molecule has 2 N–H and O–H groups in total. The molecule has 1 unspecified atom stereocenters. The molecule has 6 nitrogen and oxygen atoms in total. The van der Waals surface area contributed by atoms with E-state index in [1.165, 1.54) is 4.31 Å². The van der Waals surface area contributed by atoms with Gasteiger partial charge in [-0.2, -0.15) is 4.31 Å². The van der Waals surface area contributed by atoms with Gasteiger partial charge in [0.25, 0.3) is 0 Å². The molecule has 7 heteroatoms. The molecule has 0 radical (unpaired) electrons. The molecule has 27 heavy (non-hydrogen) atoms. The first-order chi connectivity index (χ1) is 12.8. The molecule has 0 aliphatic carbocycles. The maximum absolute atomic E-state index is 12.9. The largest absolute Gasteiger partial charge is 0.377 e. The number of aryl methyl sites for hydroxylation is 1. The molecule has 0 aromatic heterocycles. The number of ether oxygens (including phenoxy) is 1.